The molecule has 2 aromatic heterocycles. The van der Waals surface area contributed by atoms with Crippen LogP contribution in [0.5, 0.6) is 0 Å². The van der Waals surface area contributed by atoms with Gasteiger partial charge in [-0.1, -0.05) is 30.7 Å². The number of hydrogen-bond donors (Lipinski definition) is 1. The van der Waals surface area contributed by atoms with Gasteiger partial charge >= 0.3 is 0 Å². The van der Waals surface area contributed by atoms with Gasteiger partial charge in [-0.2, -0.15) is 0 Å². The molecular weight excluding hydrogens is 454 g/mol. The second-order valence-electron chi connectivity index (χ2n) is 9.37. The van der Waals surface area contributed by atoms with Crippen molar-refractivity contribution in [2.45, 2.75) is 51.2 Å². The van der Waals surface area contributed by atoms with Crippen LogP contribution in [-0.4, -0.2) is 37.5 Å². The SMILES string of the molecule is O=C(Nc1ccc(-c2nnc3n2CCCCC3)cc1)[C@@H]1Cc2ccccc2CN1C(=O)c1ccco1. The lowest BCUT2D eigenvalue weighted by molar-refractivity contribution is -0.121. The standard InChI is InChI=1S/C28H27N5O3/c34-27(23-17-20-7-3-4-8-21(20)18-33(23)28(35)24-9-6-16-36-24)29-22-13-11-19(12-14-22)26-31-30-25-10-2-1-5-15-32(25)26/h3-4,6-9,11-14,16,23H,1-2,5,10,15,17-18H2,(H,29,34)/t23-/m0/s1. The average molecular weight is 482 g/mol. The number of aryl methyl sites for hydroxylation is 1. The summed E-state index contributed by atoms with van der Waals surface area (Å²) in [5, 5.41) is 11.8. The van der Waals surface area contributed by atoms with Crippen molar-refractivity contribution in [3.8, 4) is 11.4 Å². The Bertz CT molecular complexity index is 1390. The number of fused-ring (bicyclic) bond motifs is 2. The summed E-state index contributed by atoms with van der Waals surface area (Å²) in [6.45, 7) is 1.28. The highest BCUT2D eigenvalue weighted by Gasteiger charge is 2.36. The lowest BCUT2D eigenvalue weighted by Gasteiger charge is -2.35. The number of anilines is 1. The van der Waals surface area contributed by atoms with E-state index < -0.39 is 6.04 Å². The van der Waals surface area contributed by atoms with Gasteiger partial charge in [0, 0.05) is 37.2 Å². The smallest absolute Gasteiger partial charge is 0.290 e. The number of hydrogen-bond acceptors (Lipinski definition) is 5. The van der Waals surface area contributed by atoms with Gasteiger partial charge in [0.25, 0.3) is 5.91 Å². The van der Waals surface area contributed by atoms with Crippen molar-refractivity contribution in [2.24, 2.45) is 0 Å². The molecule has 1 N–H and O–H groups in total. The van der Waals surface area contributed by atoms with E-state index in [9.17, 15) is 9.59 Å². The molecule has 36 heavy (non-hydrogen) atoms. The minimum atomic E-state index is -0.649. The summed E-state index contributed by atoms with van der Waals surface area (Å²) in [5.74, 6) is 1.61. The number of nitrogens with one attached hydrogen (secondary N) is 1. The molecule has 8 nitrogen and oxygen atoms in total. The van der Waals surface area contributed by atoms with E-state index in [-0.39, 0.29) is 17.6 Å². The summed E-state index contributed by atoms with van der Waals surface area (Å²) in [5.41, 5.74) is 3.75. The minimum Gasteiger partial charge on any atom is -0.459 e. The Morgan fingerprint density at radius 3 is 2.56 bits per heavy atom. The molecule has 2 aliphatic rings. The maximum Gasteiger partial charge on any atom is 0.290 e. The third-order valence-corrected chi connectivity index (χ3v) is 7.06. The Morgan fingerprint density at radius 2 is 1.75 bits per heavy atom. The molecular formula is C28H27N5O3. The van der Waals surface area contributed by atoms with Crippen molar-refractivity contribution < 1.29 is 14.0 Å². The summed E-state index contributed by atoms with van der Waals surface area (Å²) < 4.78 is 7.55. The number of amides is 2. The van der Waals surface area contributed by atoms with Gasteiger partial charge in [-0.15, -0.1) is 10.2 Å². The zero-order chi connectivity index (χ0) is 24.5. The first-order valence-corrected chi connectivity index (χ1v) is 12.4. The van der Waals surface area contributed by atoms with E-state index in [2.05, 4.69) is 20.1 Å². The maximum absolute atomic E-state index is 13.4. The Hall–Kier alpha value is -4.20. The number of nitrogens with zero attached hydrogens (tertiary/aromatic N) is 4. The monoisotopic (exact) mass is 481 g/mol. The fraction of sp³-hybridized carbons (Fsp3) is 0.286. The quantitative estimate of drug-likeness (QED) is 0.464. The van der Waals surface area contributed by atoms with E-state index in [0.717, 1.165) is 54.1 Å². The molecule has 2 aliphatic heterocycles. The Balaban J connectivity index is 1.22. The molecule has 0 bridgehead atoms. The van der Waals surface area contributed by atoms with Crippen LogP contribution in [0.2, 0.25) is 0 Å². The topological polar surface area (TPSA) is 93.3 Å². The van der Waals surface area contributed by atoms with Crippen LogP contribution in [0.25, 0.3) is 11.4 Å². The molecule has 0 fully saturated rings. The summed E-state index contributed by atoms with van der Waals surface area (Å²) in [6, 6.07) is 18.2. The number of carbonyl (C=O) groups is 2. The normalized spacial score (nSPS) is 17.1. The van der Waals surface area contributed by atoms with Crippen LogP contribution in [0.1, 0.15) is 46.8 Å². The van der Waals surface area contributed by atoms with Gasteiger partial charge in [-0.05, 0) is 60.4 Å². The Kier molecular flexibility index (Phi) is 5.85. The third kappa shape index (κ3) is 4.19. The first-order chi connectivity index (χ1) is 17.7. The van der Waals surface area contributed by atoms with Crippen LogP contribution in [0.3, 0.4) is 0 Å². The van der Waals surface area contributed by atoms with Gasteiger partial charge < -0.3 is 19.2 Å². The minimum absolute atomic E-state index is 0.226. The van der Waals surface area contributed by atoms with Gasteiger partial charge in [0.2, 0.25) is 5.91 Å². The van der Waals surface area contributed by atoms with E-state index in [1.165, 1.54) is 12.7 Å². The van der Waals surface area contributed by atoms with Gasteiger partial charge in [0.05, 0.1) is 6.26 Å². The predicted octanol–water partition coefficient (Wildman–Crippen LogP) is 4.47. The number of benzene rings is 2. The summed E-state index contributed by atoms with van der Waals surface area (Å²) in [6.07, 6.45) is 6.35. The molecule has 0 aliphatic carbocycles. The third-order valence-electron chi connectivity index (χ3n) is 7.06. The molecule has 8 heteroatoms. The molecule has 6 rings (SSSR count). The van der Waals surface area contributed by atoms with Gasteiger partial charge in [-0.25, -0.2) is 0 Å². The molecule has 0 radical (unpaired) electrons. The molecule has 0 saturated carbocycles. The highest BCUT2D eigenvalue weighted by Crippen LogP contribution is 2.27. The molecule has 1 atom stereocenters. The van der Waals surface area contributed by atoms with E-state index >= 15 is 0 Å². The van der Waals surface area contributed by atoms with E-state index in [0.29, 0.717) is 18.7 Å². The Labute approximate surface area is 208 Å². The number of carbonyl (C=O) groups excluding carboxylic acids is 2. The number of rotatable bonds is 4. The second-order valence-corrected chi connectivity index (χ2v) is 9.37. The van der Waals surface area contributed by atoms with Crippen molar-refractivity contribution in [3.05, 3.63) is 89.6 Å². The van der Waals surface area contributed by atoms with Crippen LogP contribution in [0.15, 0.2) is 71.3 Å². The fourth-order valence-corrected chi connectivity index (χ4v) is 5.14. The van der Waals surface area contributed by atoms with Crippen LogP contribution in [0.4, 0.5) is 5.69 Å². The second kappa shape index (κ2) is 9.45. The van der Waals surface area contributed by atoms with Crippen molar-refractivity contribution in [2.75, 3.05) is 5.32 Å². The lowest BCUT2D eigenvalue weighted by Crippen LogP contribution is -2.50. The molecule has 4 aromatic rings. The number of aromatic nitrogens is 3. The molecule has 0 saturated heterocycles. The van der Waals surface area contributed by atoms with Crippen molar-refractivity contribution in [1.82, 2.24) is 19.7 Å². The lowest BCUT2D eigenvalue weighted by atomic mass is 9.93. The maximum atomic E-state index is 13.4. The van der Waals surface area contributed by atoms with E-state index in [1.54, 1.807) is 17.0 Å². The average Bonchev–Trinajstić information content (AvgIpc) is 3.53. The van der Waals surface area contributed by atoms with Crippen molar-refractivity contribution in [3.63, 3.8) is 0 Å². The van der Waals surface area contributed by atoms with Crippen molar-refractivity contribution >= 4 is 17.5 Å². The molecule has 2 amide bonds. The molecule has 182 valence electrons. The van der Waals surface area contributed by atoms with Crippen LogP contribution < -0.4 is 5.32 Å². The highest BCUT2D eigenvalue weighted by molar-refractivity contribution is 6.00. The molecule has 2 aromatic carbocycles. The van der Waals surface area contributed by atoms with E-state index in [4.69, 9.17) is 4.42 Å². The van der Waals surface area contributed by atoms with Gasteiger partial charge in [0.1, 0.15) is 11.9 Å². The largest absolute Gasteiger partial charge is 0.459 e. The summed E-state index contributed by atoms with van der Waals surface area (Å²) in [7, 11) is 0. The van der Waals surface area contributed by atoms with Gasteiger partial charge in [-0.3, -0.25) is 9.59 Å². The van der Waals surface area contributed by atoms with Gasteiger partial charge in [0.15, 0.2) is 11.6 Å². The summed E-state index contributed by atoms with van der Waals surface area (Å²) >= 11 is 0. The fourth-order valence-electron chi connectivity index (χ4n) is 5.14. The Morgan fingerprint density at radius 1 is 0.917 bits per heavy atom. The zero-order valence-electron chi connectivity index (χ0n) is 19.9. The summed E-state index contributed by atoms with van der Waals surface area (Å²) in [4.78, 5) is 28.2. The molecule has 0 unspecified atom stereocenters. The zero-order valence-corrected chi connectivity index (χ0v) is 19.9. The van der Waals surface area contributed by atoms with Crippen LogP contribution in [0, 0.1) is 0 Å². The number of furan rings is 1. The first kappa shape index (κ1) is 22.3. The highest BCUT2D eigenvalue weighted by atomic mass is 16.3. The van der Waals surface area contributed by atoms with E-state index in [1.807, 2.05) is 48.5 Å². The first-order valence-electron chi connectivity index (χ1n) is 12.4. The van der Waals surface area contributed by atoms with Crippen LogP contribution in [-0.2, 0) is 30.7 Å². The van der Waals surface area contributed by atoms with Crippen LogP contribution >= 0.6 is 0 Å². The predicted molar refractivity (Wildman–Crippen MR) is 134 cm³/mol. The van der Waals surface area contributed by atoms with Crippen molar-refractivity contribution in [1.29, 1.82) is 0 Å². The molecule has 4 heterocycles. The molecule has 0 spiro atoms.